The van der Waals surface area contributed by atoms with E-state index in [1.165, 1.54) is 12.8 Å². The van der Waals surface area contributed by atoms with Gasteiger partial charge in [-0.15, -0.1) is 0 Å². The summed E-state index contributed by atoms with van der Waals surface area (Å²) in [6.45, 7) is 5.16. The van der Waals surface area contributed by atoms with E-state index in [9.17, 15) is 0 Å². The Labute approximate surface area is 86.3 Å². The molecule has 0 aromatic rings. The van der Waals surface area contributed by atoms with Gasteiger partial charge in [0.25, 0.3) is 0 Å². The van der Waals surface area contributed by atoms with Crippen LogP contribution in [0.3, 0.4) is 0 Å². The Morgan fingerprint density at radius 3 is 2.86 bits per heavy atom. The standard InChI is InChI=1S/C12H20O2/c1-3-5-10-7-8-12(2,14-10)11-6-4-9-13-11/h3,5,10-11H,4,6-9H2,1-2H3/b5-3+/t10-,11+,12-/m0/s1. The number of rotatable bonds is 2. The van der Waals surface area contributed by atoms with E-state index in [-0.39, 0.29) is 5.60 Å². The monoisotopic (exact) mass is 196 g/mol. The highest BCUT2D eigenvalue weighted by atomic mass is 16.6. The summed E-state index contributed by atoms with van der Waals surface area (Å²) in [7, 11) is 0. The maximum atomic E-state index is 6.06. The van der Waals surface area contributed by atoms with Crippen LogP contribution in [0.4, 0.5) is 0 Å². The van der Waals surface area contributed by atoms with E-state index in [2.05, 4.69) is 19.1 Å². The average Bonchev–Trinajstić information content (AvgIpc) is 2.75. The molecule has 14 heavy (non-hydrogen) atoms. The van der Waals surface area contributed by atoms with Crippen LogP contribution >= 0.6 is 0 Å². The fraction of sp³-hybridized carbons (Fsp3) is 0.833. The lowest BCUT2D eigenvalue weighted by Crippen LogP contribution is -2.38. The molecule has 3 atom stereocenters. The first-order valence-corrected chi connectivity index (χ1v) is 5.67. The lowest BCUT2D eigenvalue weighted by molar-refractivity contribution is -0.101. The number of hydrogen-bond donors (Lipinski definition) is 0. The number of allylic oxidation sites excluding steroid dienone is 1. The lowest BCUT2D eigenvalue weighted by atomic mass is 9.93. The van der Waals surface area contributed by atoms with Gasteiger partial charge in [0, 0.05) is 6.61 Å². The molecule has 0 saturated carbocycles. The van der Waals surface area contributed by atoms with Crippen LogP contribution < -0.4 is 0 Å². The zero-order valence-electron chi connectivity index (χ0n) is 9.16. The molecule has 0 aromatic heterocycles. The van der Waals surface area contributed by atoms with Crippen LogP contribution in [0, 0.1) is 0 Å². The van der Waals surface area contributed by atoms with Crippen LogP contribution in [-0.2, 0) is 9.47 Å². The average molecular weight is 196 g/mol. The van der Waals surface area contributed by atoms with Gasteiger partial charge in [-0.25, -0.2) is 0 Å². The molecule has 0 aromatic carbocycles. The summed E-state index contributed by atoms with van der Waals surface area (Å²) in [5.41, 5.74) is -0.0271. The molecule has 2 nitrogen and oxygen atoms in total. The minimum absolute atomic E-state index is 0.0271. The van der Waals surface area contributed by atoms with E-state index in [1.807, 2.05) is 6.92 Å². The minimum atomic E-state index is -0.0271. The molecule has 0 bridgehead atoms. The van der Waals surface area contributed by atoms with Gasteiger partial charge in [0.1, 0.15) is 0 Å². The predicted octanol–water partition coefficient (Wildman–Crippen LogP) is 2.68. The third-order valence-corrected chi connectivity index (χ3v) is 3.36. The van der Waals surface area contributed by atoms with Crippen LogP contribution in [0.15, 0.2) is 12.2 Å². The minimum Gasteiger partial charge on any atom is -0.375 e. The summed E-state index contributed by atoms with van der Waals surface area (Å²) in [4.78, 5) is 0. The Morgan fingerprint density at radius 2 is 2.21 bits per heavy atom. The number of ether oxygens (including phenoxy) is 2. The summed E-state index contributed by atoms with van der Waals surface area (Å²) < 4.78 is 11.8. The van der Waals surface area contributed by atoms with Crippen LogP contribution in [0.25, 0.3) is 0 Å². The zero-order chi connectivity index (χ0) is 10.0. The van der Waals surface area contributed by atoms with Crippen LogP contribution in [-0.4, -0.2) is 24.4 Å². The molecule has 2 aliphatic heterocycles. The fourth-order valence-electron chi connectivity index (χ4n) is 2.54. The van der Waals surface area contributed by atoms with Crippen molar-refractivity contribution in [3.8, 4) is 0 Å². The molecular formula is C12H20O2. The molecule has 2 saturated heterocycles. The zero-order valence-corrected chi connectivity index (χ0v) is 9.16. The van der Waals surface area contributed by atoms with Crippen molar-refractivity contribution in [2.75, 3.05) is 6.61 Å². The predicted molar refractivity (Wildman–Crippen MR) is 56.3 cm³/mol. The number of hydrogen-bond acceptors (Lipinski definition) is 2. The van der Waals surface area contributed by atoms with Gasteiger partial charge in [-0.3, -0.25) is 0 Å². The molecular weight excluding hydrogens is 176 g/mol. The van der Waals surface area contributed by atoms with E-state index in [0.717, 1.165) is 19.4 Å². The Balaban J connectivity index is 1.97. The summed E-state index contributed by atoms with van der Waals surface area (Å²) in [6.07, 6.45) is 9.50. The Bertz CT molecular complexity index is 218. The molecule has 2 fully saturated rings. The summed E-state index contributed by atoms with van der Waals surface area (Å²) in [5.74, 6) is 0. The smallest absolute Gasteiger partial charge is 0.0924 e. The van der Waals surface area contributed by atoms with Crippen LogP contribution in [0.2, 0.25) is 0 Å². The first-order chi connectivity index (χ1) is 6.74. The van der Waals surface area contributed by atoms with Crippen LogP contribution in [0.1, 0.15) is 39.5 Å². The van der Waals surface area contributed by atoms with Crippen molar-refractivity contribution in [2.24, 2.45) is 0 Å². The molecule has 0 amide bonds. The Morgan fingerprint density at radius 1 is 1.36 bits per heavy atom. The van der Waals surface area contributed by atoms with Crippen molar-refractivity contribution < 1.29 is 9.47 Å². The molecule has 2 heteroatoms. The second kappa shape index (κ2) is 4.03. The molecule has 0 N–H and O–H groups in total. The molecule has 0 unspecified atom stereocenters. The highest BCUT2D eigenvalue weighted by Gasteiger charge is 2.43. The van der Waals surface area contributed by atoms with Gasteiger partial charge >= 0.3 is 0 Å². The summed E-state index contributed by atoms with van der Waals surface area (Å²) in [5, 5.41) is 0. The highest BCUT2D eigenvalue weighted by molar-refractivity contribution is 4.99. The van der Waals surface area contributed by atoms with E-state index in [1.54, 1.807) is 0 Å². The third-order valence-electron chi connectivity index (χ3n) is 3.36. The molecule has 0 radical (unpaired) electrons. The van der Waals surface area contributed by atoms with Crippen LogP contribution in [0.5, 0.6) is 0 Å². The molecule has 2 heterocycles. The van der Waals surface area contributed by atoms with Crippen molar-refractivity contribution in [3.05, 3.63) is 12.2 Å². The first-order valence-electron chi connectivity index (χ1n) is 5.67. The second-order valence-corrected chi connectivity index (χ2v) is 4.54. The quantitative estimate of drug-likeness (QED) is 0.632. The van der Waals surface area contributed by atoms with Crippen molar-refractivity contribution in [2.45, 2.75) is 57.3 Å². The fourth-order valence-corrected chi connectivity index (χ4v) is 2.54. The Hall–Kier alpha value is -0.340. The molecule has 80 valence electrons. The van der Waals surface area contributed by atoms with Gasteiger partial charge in [0.15, 0.2) is 0 Å². The second-order valence-electron chi connectivity index (χ2n) is 4.54. The van der Waals surface area contributed by atoms with Gasteiger partial charge < -0.3 is 9.47 Å². The molecule has 0 aliphatic carbocycles. The summed E-state index contributed by atoms with van der Waals surface area (Å²) >= 11 is 0. The van der Waals surface area contributed by atoms with Crippen molar-refractivity contribution >= 4 is 0 Å². The van der Waals surface area contributed by atoms with Crippen molar-refractivity contribution in [1.82, 2.24) is 0 Å². The van der Waals surface area contributed by atoms with Gasteiger partial charge in [0.2, 0.25) is 0 Å². The molecule has 0 spiro atoms. The molecule has 2 aliphatic rings. The first kappa shape index (κ1) is 10.2. The maximum Gasteiger partial charge on any atom is 0.0924 e. The lowest BCUT2D eigenvalue weighted by Gasteiger charge is -2.30. The maximum absolute atomic E-state index is 6.06. The SMILES string of the molecule is C/C=C/[C@H]1CC[C@@](C)([C@H]2CCCO2)O1. The topological polar surface area (TPSA) is 18.5 Å². The largest absolute Gasteiger partial charge is 0.375 e. The third kappa shape index (κ3) is 1.86. The van der Waals surface area contributed by atoms with Gasteiger partial charge in [0.05, 0.1) is 17.8 Å². The Kier molecular flexibility index (Phi) is 2.93. The van der Waals surface area contributed by atoms with Crippen molar-refractivity contribution in [3.63, 3.8) is 0 Å². The molecule has 2 rings (SSSR count). The van der Waals surface area contributed by atoms with E-state index >= 15 is 0 Å². The normalized spacial score (nSPS) is 43.9. The van der Waals surface area contributed by atoms with Gasteiger partial charge in [-0.05, 0) is 39.5 Å². The van der Waals surface area contributed by atoms with Gasteiger partial charge in [-0.1, -0.05) is 12.2 Å². The van der Waals surface area contributed by atoms with Gasteiger partial charge in [-0.2, -0.15) is 0 Å². The highest BCUT2D eigenvalue weighted by Crippen LogP contribution is 2.38. The van der Waals surface area contributed by atoms with E-state index in [4.69, 9.17) is 9.47 Å². The van der Waals surface area contributed by atoms with E-state index < -0.39 is 0 Å². The summed E-state index contributed by atoms with van der Waals surface area (Å²) in [6, 6.07) is 0. The van der Waals surface area contributed by atoms with Crippen molar-refractivity contribution in [1.29, 1.82) is 0 Å². The van der Waals surface area contributed by atoms with E-state index in [0.29, 0.717) is 12.2 Å².